The fourth-order valence-corrected chi connectivity index (χ4v) is 2.22. The highest BCUT2D eigenvalue weighted by atomic mass is 32.1. The van der Waals surface area contributed by atoms with Crippen LogP contribution in [0.1, 0.15) is 41.0 Å². The van der Waals surface area contributed by atoms with E-state index in [9.17, 15) is 4.79 Å². The molecule has 2 heterocycles. The van der Waals surface area contributed by atoms with Crippen LogP contribution in [0.2, 0.25) is 0 Å². The standard InChI is InChI=1S/C12H14N2O2S/c1-8(2)9-7-17-11(14-9)6-13-12(15)10-4-3-5-16-10/h3-5,7-8H,6H2,1-2H3,(H,13,15). The summed E-state index contributed by atoms with van der Waals surface area (Å²) in [6.45, 7) is 4.64. The van der Waals surface area contributed by atoms with E-state index < -0.39 is 0 Å². The second kappa shape index (κ2) is 5.14. The van der Waals surface area contributed by atoms with Crippen LogP contribution < -0.4 is 5.32 Å². The van der Waals surface area contributed by atoms with Crippen LogP contribution in [0.15, 0.2) is 28.2 Å². The zero-order valence-corrected chi connectivity index (χ0v) is 10.6. The maximum Gasteiger partial charge on any atom is 0.287 e. The lowest BCUT2D eigenvalue weighted by atomic mass is 10.2. The molecule has 0 atom stereocenters. The second-order valence-electron chi connectivity index (χ2n) is 3.98. The number of furan rings is 1. The van der Waals surface area contributed by atoms with Crippen molar-refractivity contribution in [3.63, 3.8) is 0 Å². The summed E-state index contributed by atoms with van der Waals surface area (Å²) in [6.07, 6.45) is 1.48. The van der Waals surface area contributed by atoms with Gasteiger partial charge in [0.15, 0.2) is 5.76 Å². The number of amides is 1. The SMILES string of the molecule is CC(C)c1csc(CNC(=O)c2ccco2)n1. The molecule has 0 spiro atoms. The lowest BCUT2D eigenvalue weighted by Gasteiger charge is -2.00. The van der Waals surface area contributed by atoms with Gasteiger partial charge in [0.1, 0.15) is 5.01 Å². The van der Waals surface area contributed by atoms with Crippen molar-refractivity contribution >= 4 is 17.2 Å². The Morgan fingerprint density at radius 2 is 2.41 bits per heavy atom. The molecule has 0 unspecified atom stereocenters. The number of carbonyl (C=O) groups is 1. The molecule has 4 nitrogen and oxygen atoms in total. The van der Waals surface area contributed by atoms with Crippen LogP contribution in [0.4, 0.5) is 0 Å². The molecule has 1 amide bonds. The minimum Gasteiger partial charge on any atom is -0.459 e. The molecule has 0 aliphatic carbocycles. The Morgan fingerprint density at radius 1 is 1.59 bits per heavy atom. The Kier molecular flexibility index (Phi) is 3.58. The molecule has 0 saturated carbocycles. The summed E-state index contributed by atoms with van der Waals surface area (Å²) in [7, 11) is 0. The lowest BCUT2D eigenvalue weighted by molar-refractivity contribution is 0.0923. The van der Waals surface area contributed by atoms with E-state index >= 15 is 0 Å². The zero-order chi connectivity index (χ0) is 12.3. The summed E-state index contributed by atoms with van der Waals surface area (Å²) in [5.74, 6) is 0.530. The quantitative estimate of drug-likeness (QED) is 0.907. The molecule has 2 aromatic heterocycles. The van der Waals surface area contributed by atoms with E-state index in [0.717, 1.165) is 10.7 Å². The summed E-state index contributed by atoms with van der Waals surface area (Å²) in [5, 5.41) is 5.71. The third-order valence-corrected chi connectivity index (χ3v) is 3.17. The normalized spacial score (nSPS) is 10.8. The number of rotatable bonds is 4. The molecule has 0 aliphatic rings. The van der Waals surface area contributed by atoms with Crippen LogP contribution >= 0.6 is 11.3 Å². The summed E-state index contributed by atoms with van der Waals surface area (Å²) in [5.41, 5.74) is 1.07. The van der Waals surface area contributed by atoms with Crippen LogP contribution in [0, 0.1) is 0 Å². The first-order valence-corrected chi connectivity index (χ1v) is 6.31. The van der Waals surface area contributed by atoms with Gasteiger partial charge in [0, 0.05) is 5.38 Å². The molecular formula is C12H14N2O2S. The van der Waals surface area contributed by atoms with Crippen molar-refractivity contribution in [3.05, 3.63) is 40.2 Å². The van der Waals surface area contributed by atoms with Gasteiger partial charge in [0.05, 0.1) is 18.5 Å². The molecule has 2 rings (SSSR count). The molecule has 0 aliphatic heterocycles. The van der Waals surface area contributed by atoms with Gasteiger partial charge in [-0.25, -0.2) is 4.98 Å². The fourth-order valence-electron chi connectivity index (χ4n) is 1.32. The number of carbonyl (C=O) groups excluding carboxylic acids is 1. The highest BCUT2D eigenvalue weighted by Gasteiger charge is 2.10. The summed E-state index contributed by atoms with van der Waals surface area (Å²) in [6, 6.07) is 3.33. The lowest BCUT2D eigenvalue weighted by Crippen LogP contribution is -2.22. The van der Waals surface area contributed by atoms with Gasteiger partial charge in [0.25, 0.3) is 5.91 Å². The third-order valence-electron chi connectivity index (χ3n) is 2.31. The van der Waals surface area contributed by atoms with Crippen LogP contribution in [-0.2, 0) is 6.54 Å². The van der Waals surface area contributed by atoms with Gasteiger partial charge in [0.2, 0.25) is 0 Å². The van der Waals surface area contributed by atoms with Crippen molar-refractivity contribution in [3.8, 4) is 0 Å². The molecule has 1 N–H and O–H groups in total. The van der Waals surface area contributed by atoms with Crippen LogP contribution in [0.3, 0.4) is 0 Å². The number of thiazole rings is 1. The van der Waals surface area contributed by atoms with Crippen molar-refractivity contribution in [2.45, 2.75) is 26.3 Å². The molecule has 0 radical (unpaired) electrons. The Hall–Kier alpha value is -1.62. The topological polar surface area (TPSA) is 55.1 Å². The Balaban J connectivity index is 1.91. The van der Waals surface area contributed by atoms with E-state index in [2.05, 4.69) is 24.1 Å². The van der Waals surface area contributed by atoms with Gasteiger partial charge < -0.3 is 9.73 Å². The number of hydrogen-bond donors (Lipinski definition) is 1. The average molecular weight is 250 g/mol. The smallest absolute Gasteiger partial charge is 0.287 e. The van der Waals surface area contributed by atoms with Crippen molar-refractivity contribution in [1.82, 2.24) is 10.3 Å². The molecule has 0 saturated heterocycles. The predicted molar refractivity (Wildman–Crippen MR) is 66.1 cm³/mol. The predicted octanol–water partition coefficient (Wildman–Crippen LogP) is 2.79. The first-order valence-electron chi connectivity index (χ1n) is 5.43. The monoisotopic (exact) mass is 250 g/mol. The van der Waals surface area contributed by atoms with Crippen molar-refractivity contribution in [2.24, 2.45) is 0 Å². The molecule has 17 heavy (non-hydrogen) atoms. The third kappa shape index (κ3) is 2.94. The Morgan fingerprint density at radius 3 is 3.00 bits per heavy atom. The molecular weight excluding hydrogens is 236 g/mol. The number of aromatic nitrogens is 1. The largest absolute Gasteiger partial charge is 0.459 e. The van der Waals surface area contributed by atoms with E-state index in [0.29, 0.717) is 18.2 Å². The Labute approximate surface area is 104 Å². The molecule has 0 aromatic carbocycles. The number of hydrogen-bond acceptors (Lipinski definition) is 4. The van der Waals surface area contributed by atoms with Crippen LogP contribution in [0.5, 0.6) is 0 Å². The number of nitrogens with one attached hydrogen (secondary N) is 1. The highest BCUT2D eigenvalue weighted by molar-refractivity contribution is 7.09. The van der Waals surface area contributed by atoms with Crippen LogP contribution in [-0.4, -0.2) is 10.9 Å². The van der Waals surface area contributed by atoms with E-state index in [1.165, 1.54) is 6.26 Å². The van der Waals surface area contributed by atoms with Gasteiger partial charge in [-0.05, 0) is 18.1 Å². The van der Waals surface area contributed by atoms with E-state index in [1.54, 1.807) is 23.5 Å². The molecule has 5 heteroatoms. The summed E-state index contributed by atoms with van der Waals surface area (Å²) < 4.78 is 5.00. The minimum atomic E-state index is -0.212. The second-order valence-corrected chi connectivity index (χ2v) is 4.92. The fraction of sp³-hybridized carbons (Fsp3) is 0.333. The van der Waals surface area contributed by atoms with Crippen molar-refractivity contribution < 1.29 is 9.21 Å². The highest BCUT2D eigenvalue weighted by Crippen LogP contribution is 2.17. The van der Waals surface area contributed by atoms with E-state index in [1.807, 2.05) is 5.38 Å². The summed E-state index contributed by atoms with van der Waals surface area (Å²) in [4.78, 5) is 16.0. The molecule has 2 aromatic rings. The molecule has 0 bridgehead atoms. The van der Waals surface area contributed by atoms with Gasteiger partial charge in [-0.1, -0.05) is 13.8 Å². The number of nitrogens with zero attached hydrogens (tertiary/aromatic N) is 1. The van der Waals surface area contributed by atoms with Gasteiger partial charge in [-0.15, -0.1) is 11.3 Å². The van der Waals surface area contributed by atoms with Gasteiger partial charge >= 0.3 is 0 Å². The first-order chi connectivity index (χ1) is 8.16. The maximum atomic E-state index is 11.6. The minimum absolute atomic E-state index is 0.212. The van der Waals surface area contributed by atoms with Crippen molar-refractivity contribution in [2.75, 3.05) is 0 Å². The first kappa shape index (κ1) is 11.9. The zero-order valence-electron chi connectivity index (χ0n) is 9.77. The maximum absolute atomic E-state index is 11.6. The van der Waals surface area contributed by atoms with Crippen LogP contribution in [0.25, 0.3) is 0 Å². The van der Waals surface area contributed by atoms with Gasteiger partial charge in [-0.3, -0.25) is 4.79 Å². The van der Waals surface area contributed by atoms with Crippen molar-refractivity contribution in [1.29, 1.82) is 0 Å². The summed E-state index contributed by atoms with van der Waals surface area (Å²) >= 11 is 1.56. The molecule has 90 valence electrons. The van der Waals surface area contributed by atoms with E-state index in [-0.39, 0.29) is 5.91 Å². The average Bonchev–Trinajstić information content (AvgIpc) is 2.97. The van der Waals surface area contributed by atoms with E-state index in [4.69, 9.17) is 4.42 Å². The Bertz CT molecular complexity index is 488. The van der Waals surface area contributed by atoms with Gasteiger partial charge in [-0.2, -0.15) is 0 Å². The molecule has 0 fully saturated rings.